The number of nitrogens with one attached hydrogen (secondary N) is 2. The summed E-state index contributed by atoms with van der Waals surface area (Å²) in [5, 5.41) is 10.5. The second kappa shape index (κ2) is 6.92. The van der Waals surface area contributed by atoms with Crippen LogP contribution in [0.25, 0.3) is 22.2 Å². The van der Waals surface area contributed by atoms with E-state index in [-0.39, 0.29) is 11.5 Å². The first-order chi connectivity index (χ1) is 13.1. The molecule has 2 aromatic heterocycles. The third-order valence-electron chi connectivity index (χ3n) is 4.62. The average molecular weight is 358 g/mol. The number of aromatic nitrogens is 3. The molecule has 6 heteroatoms. The van der Waals surface area contributed by atoms with Crippen LogP contribution in [-0.4, -0.2) is 20.7 Å². The van der Waals surface area contributed by atoms with E-state index < -0.39 is 0 Å². The summed E-state index contributed by atoms with van der Waals surface area (Å²) in [4.78, 5) is 24.8. The number of amides is 1. The second-order valence-corrected chi connectivity index (χ2v) is 6.32. The quantitative estimate of drug-likeness (QED) is 0.589. The van der Waals surface area contributed by atoms with Crippen LogP contribution in [0.1, 0.15) is 15.9 Å². The van der Waals surface area contributed by atoms with Crippen molar-refractivity contribution in [2.24, 2.45) is 7.05 Å². The minimum atomic E-state index is -0.262. The lowest BCUT2D eigenvalue weighted by atomic mass is 10.1. The number of nitrogens with zero attached hydrogens (tertiary/aromatic N) is 2. The average Bonchev–Trinajstić information content (AvgIpc) is 3.24. The zero-order valence-electron chi connectivity index (χ0n) is 14.8. The van der Waals surface area contributed by atoms with Crippen LogP contribution in [0.3, 0.4) is 0 Å². The standard InChI is InChI=1S/C21H18N4O2/c1-25-19-5-3-2-4-16(19)17(12-20(25)26)21(27)22-13-14-6-8-15(9-7-14)18-10-11-23-24-18/h2-12H,13H2,1H3,(H,22,27)(H,23,24). The molecule has 0 bridgehead atoms. The lowest BCUT2D eigenvalue weighted by Gasteiger charge is -2.11. The molecule has 134 valence electrons. The first-order valence-electron chi connectivity index (χ1n) is 8.59. The molecule has 4 aromatic rings. The van der Waals surface area contributed by atoms with E-state index in [9.17, 15) is 9.59 Å². The lowest BCUT2D eigenvalue weighted by molar-refractivity contribution is 0.0952. The highest BCUT2D eigenvalue weighted by Crippen LogP contribution is 2.18. The van der Waals surface area contributed by atoms with Gasteiger partial charge >= 0.3 is 0 Å². The fraction of sp³-hybridized carbons (Fsp3) is 0.0952. The Hall–Kier alpha value is -3.67. The number of H-pyrrole nitrogens is 1. The molecule has 2 heterocycles. The molecule has 0 spiro atoms. The number of pyridine rings is 1. The number of hydrogen-bond acceptors (Lipinski definition) is 3. The van der Waals surface area contributed by atoms with Crippen LogP contribution >= 0.6 is 0 Å². The predicted molar refractivity (Wildman–Crippen MR) is 104 cm³/mol. The molecule has 0 aliphatic rings. The van der Waals surface area contributed by atoms with Gasteiger partial charge in [0.25, 0.3) is 11.5 Å². The Morgan fingerprint density at radius 3 is 2.63 bits per heavy atom. The molecule has 0 saturated heterocycles. The first kappa shape index (κ1) is 16.8. The zero-order chi connectivity index (χ0) is 18.8. The molecular weight excluding hydrogens is 340 g/mol. The van der Waals surface area contributed by atoms with Crippen molar-refractivity contribution in [2.75, 3.05) is 0 Å². The minimum absolute atomic E-state index is 0.206. The summed E-state index contributed by atoms with van der Waals surface area (Å²) in [6, 6.07) is 18.5. The topological polar surface area (TPSA) is 79.8 Å². The fourth-order valence-corrected chi connectivity index (χ4v) is 3.09. The third kappa shape index (κ3) is 3.25. The van der Waals surface area contributed by atoms with E-state index in [2.05, 4.69) is 15.5 Å². The Kier molecular flexibility index (Phi) is 4.30. The summed E-state index contributed by atoms with van der Waals surface area (Å²) >= 11 is 0. The van der Waals surface area contributed by atoms with Crippen molar-refractivity contribution < 1.29 is 4.79 Å². The maximum atomic E-state index is 12.7. The van der Waals surface area contributed by atoms with Gasteiger partial charge in [-0.05, 0) is 23.3 Å². The van der Waals surface area contributed by atoms with Gasteiger partial charge in [0.05, 0.1) is 16.8 Å². The molecule has 0 saturated carbocycles. The largest absolute Gasteiger partial charge is 0.348 e. The Morgan fingerprint density at radius 1 is 1.11 bits per heavy atom. The number of fused-ring (bicyclic) bond motifs is 1. The number of para-hydroxylation sites is 1. The summed E-state index contributed by atoms with van der Waals surface area (Å²) in [6.45, 7) is 0.381. The van der Waals surface area contributed by atoms with Gasteiger partial charge < -0.3 is 9.88 Å². The van der Waals surface area contributed by atoms with Crippen molar-refractivity contribution >= 4 is 16.8 Å². The summed E-state index contributed by atoms with van der Waals surface area (Å²) in [5.41, 5.74) is 3.86. The van der Waals surface area contributed by atoms with Crippen LogP contribution in [0.4, 0.5) is 0 Å². The van der Waals surface area contributed by atoms with E-state index in [0.717, 1.165) is 27.7 Å². The molecule has 27 heavy (non-hydrogen) atoms. The van der Waals surface area contributed by atoms with Crippen LogP contribution in [0.2, 0.25) is 0 Å². The summed E-state index contributed by atoms with van der Waals surface area (Å²) in [5.74, 6) is -0.262. The molecule has 0 atom stereocenters. The van der Waals surface area contributed by atoms with Crippen LogP contribution in [0, 0.1) is 0 Å². The molecule has 0 aliphatic heterocycles. The lowest BCUT2D eigenvalue weighted by Crippen LogP contribution is -2.26. The van der Waals surface area contributed by atoms with E-state index in [0.29, 0.717) is 12.1 Å². The van der Waals surface area contributed by atoms with Crippen molar-refractivity contribution in [3.05, 3.63) is 88.3 Å². The minimum Gasteiger partial charge on any atom is -0.348 e. The molecule has 2 aromatic carbocycles. The Labute approximate surface area is 155 Å². The van der Waals surface area contributed by atoms with E-state index in [1.165, 1.54) is 6.07 Å². The van der Waals surface area contributed by atoms with Gasteiger partial charge in [0.15, 0.2) is 0 Å². The summed E-state index contributed by atoms with van der Waals surface area (Å²) in [7, 11) is 1.70. The number of carbonyl (C=O) groups is 1. The molecule has 6 nitrogen and oxygen atoms in total. The van der Waals surface area contributed by atoms with Crippen molar-refractivity contribution in [1.82, 2.24) is 20.1 Å². The fourth-order valence-electron chi connectivity index (χ4n) is 3.09. The van der Waals surface area contributed by atoms with Crippen LogP contribution in [0.15, 0.2) is 71.7 Å². The highest BCUT2D eigenvalue weighted by Gasteiger charge is 2.13. The molecular formula is C21H18N4O2. The van der Waals surface area contributed by atoms with E-state index in [4.69, 9.17) is 0 Å². The molecule has 4 rings (SSSR count). The normalized spacial score (nSPS) is 10.9. The van der Waals surface area contributed by atoms with Gasteiger partial charge in [-0.2, -0.15) is 5.10 Å². The van der Waals surface area contributed by atoms with Crippen molar-refractivity contribution in [3.63, 3.8) is 0 Å². The Balaban J connectivity index is 1.54. The number of rotatable bonds is 4. The van der Waals surface area contributed by atoms with Gasteiger partial charge in [-0.1, -0.05) is 42.5 Å². The first-order valence-corrected chi connectivity index (χ1v) is 8.59. The van der Waals surface area contributed by atoms with E-state index in [1.54, 1.807) is 17.8 Å². The van der Waals surface area contributed by atoms with Crippen molar-refractivity contribution in [2.45, 2.75) is 6.54 Å². The number of benzene rings is 2. The van der Waals surface area contributed by atoms with Gasteiger partial charge in [-0.3, -0.25) is 14.7 Å². The maximum Gasteiger partial charge on any atom is 0.252 e. The Bertz CT molecular complexity index is 1160. The van der Waals surface area contributed by atoms with Crippen LogP contribution in [0.5, 0.6) is 0 Å². The van der Waals surface area contributed by atoms with Gasteiger partial charge in [-0.25, -0.2) is 0 Å². The van der Waals surface area contributed by atoms with E-state index in [1.807, 2.05) is 54.6 Å². The SMILES string of the molecule is Cn1c(=O)cc(C(=O)NCc2ccc(-c3ccn[nH]3)cc2)c2ccccc21. The smallest absolute Gasteiger partial charge is 0.252 e. The van der Waals surface area contributed by atoms with Gasteiger partial charge in [0.1, 0.15) is 0 Å². The monoisotopic (exact) mass is 358 g/mol. The number of carbonyl (C=O) groups excluding carboxylic acids is 1. The molecule has 2 N–H and O–H groups in total. The van der Waals surface area contributed by atoms with Gasteiger partial charge in [0.2, 0.25) is 0 Å². The predicted octanol–water partition coefficient (Wildman–Crippen LogP) is 2.86. The highest BCUT2D eigenvalue weighted by atomic mass is 16.2. The maximum absolute atomic E-state index is 12.7. The molecule has 1 amide bonds. The van der Waals surface area contributed by atoms with Crippen LogP contribution in [-0.2, 0) is 13.6 Å². The Morgan fingerprint density at radius 2 is 1.89 bits per heavy atom. The van der Waals surface area contributed by atoms with Gasteiger partial charge in [-0.15, -0.1) is 0 Å². The zero-order valence-corrected chi connectivity index (χ0v) is 14.8. The third-order valence-corrected chi connectivity index (χ3v) is 4.62. The van der Waals surface area contributed by atoms with Gasteiger partial charge in [0, 0.05) is 31.2 Å². The molecule has 0 fully saturated rings. The molecule has 0 aliphatic carbocycles. The molecule has 0 unspecified atom stereocenters. The number of hydrogen-bond donors (Lipinski definition) is 2. The van der Waals surface area contributed by atoms with Crippen molar-refractivity contribution in [1.29, 1.82) is 0 Å². The summed E-state index contributed by atoms with van der Waals surface area (Å²) < 4.78 is 1.54. The highest BCUT2D eigenvalue weighted by molar-refractivity contribution is 6.06. The molecule has 0 radical (unpaired) electrons. The second-order valence-electron chi connectivity index (χ2n) is 6.32. The number of aryl methyl sites for hydroxylation is 1. The van der Waals surface area contributed by atoms with Crippen LogP contribution < -0.4 is 10.9 Å². The summed E-state index contributed by atoms with van der Waals surface area (Å²) in [6.07, 6.45) is 1.71. The van der Waals surface area contributed by atoms with Crippen molar-refractivity contribution in [3.8, 4) is 11.3 Å². The van der Waals surface area contributed by atoms with E-state index >= 15 is 0 Å². The number of aromatic amines is 1.